The van der Waals surface area contributed by atoms with Crippen LogP contribution in [0.5, 0.6) is 0 Å². The van der Waals surface area contributed by atoms with Gasteiger partial charge in [-0.1, -0.05) is 12.1 Å². The molecule has 1 aliphatic rings. The number of anilines is 2. The van der Waals surface area contributed by atoms with E-state index >= 15 is 0 Å². The highest BCUT2D eigenvalue weighted by Crippen LogP contribution is 2.25. The summed E-state index contributed by atoms with van der Waals surface area (Å²) in [5, 5.41) is 8.37. The lowest BCUT2D eigenvalue weighted by Gasteiger charge is -2.29. The number of rotatable bonds is 4. The van der Waals surface area contributed by atoms with E-state index in [1.165, 1.54) is 15.9 Å². The Labute approximate surface area is 182 Å². The summed E-state index contributed by atoms with van der Waals surface area (Å²) in [6, 6.07) is 11.1. The summed E-state index contributed by atoms with van der Waals surface area (Å²) >= 11 is 1.26. The monoisotopic (exact) mass is 435 g/mol. The molecule has 0 bridgehead atoms. The molecular formula is C21H21N7O2S. The molecular weight excluding hydrogens is 414 g/mol. The molecule has 1 saturated heterocycles. The van der Waals surface area contributed by atoms with Crippen LogP contribution in [0.1, 0.15) is 10.5 Å². The molecule has 4 heterocycles. The number of carbonyl (C=O) groups is 1. The predicted octanol–water partition coefficient (Wildman–Crippen LogP) is 1.84. The number of aryl methyl sites for hydroxylation is 1. The van der Waals surface area contributed by atoms with Crippen molar-refractivity contribution in [2.24, 2.45) is 7.05 Å². The zero-order chi connectivity index (χ0) is 21.4. The van der Waals surface area contributed by atoms with Gasteiger partial charge in [-0.25, -0.2) is 19.3 Å². The molecule has 5 rings (SSSR count). The number of carbonyl (C=O) groups excluding carboxylic acids is 1. The van der Waals surface area contributed by atoms with Gasteiger partial charge in [-0.2, -0.15) is 0 Å². The maximum Gasteiger partial charge on any atom is 0.335 e. The number of nitrogens with zero attached hydrogens (tertiary/aromatic N) is 5. The molecule has 10 heteroatoms. The third-order valence-electron chi connectivity index (χ3n) is 5.33. The topological polar surface area (TPSA) is 97.1 Å². The lowest BCUT2D eigenvalue weighted by atomic mass is 10.3. The first-order valence-corrected chi connectivity index (χ1v) is 10.9. The van der Waals surface area contributed by atoms with Gasteiger partial charge in [-0.3, -0.25) is 9.36 Å². The Hall–Kier alpha value is -3.50. The molecule has 0 unspecified atom stereocenters. The quantitative estimate of drug-likeness (QED) is 0.508. The van der Waals surface area contributed by atoms with Gasteiger partial charge >= 0.3 is 5.69 Å². The SMILES string of the molecule is Cn1c(=O)n(-c2nc(C(=O)Nc3cccnc3N3CCNCC3)cs2)c2ccccc21. The first kappa shape index (κ1) is 19.5. The third kappa shape index (κ3) is 3.49. The van der Waals surface area contributed by atoms with Crippen molar-refractivity contribution in [3.8, 4) is 5.13 Å². The molecule has 3 aromatic heterocycles. The highest BCUT2D eigenvalue weighted by Gasteiger charge is 2.20. The second-order valence-electron chi connectivity index (χ2n) is 7.25. The zero-order valence-corrected chi connectivity index (χ0v) is 17.7. The van der Waals surface area contributed by atoms with Crippen molar-refractivity contribution < 1.29 is 4.79 Å². The van der Waals surface area contributed by atoms with Crippen molar-refractivity contribution >= 4 is 39.8 Å². The number of aromatic nitrogens is 4. The fourth-order valence-electron chi connectivity index (χ4n) is 3.76. The first-order chi connectivity index (χ1) is 15.1. The van der Waals surface area contributed by atoms with Gasteiger partial charge in [0.25, 0.3) is 5.91 Å². The maximum absolute atomic E-state index is 12.9. The van der Waals surface area contributed by atoms with E-state index in [1.54, 1.807) is 29.3 Å². The second-order valence-corrected chi connectivity index (χ2v) is 8.08. The van der Waals surface area contributed by atoms with Gasteiger partial charge in [0.15, 0.2) is 10.9 Å². The van der Waals surface area contributed by atoms with E-state index in [0.29, 0.717) is 10.8 Å². The maximum atomic E-state index is 12.9. The minimum atomic E-state index is -0.333. The average molecular weight is 436 g/mol. The molecule has 0 spiro atoms. The molecule has 4 aromatic rings. The largest absolute Gasteiger partial charge is 0.352 e. The molecule has 0 atom stereocenters. The highest BCUT2D eigenvalue weighted by molar-refractivity contribution is 7.12. The number of piperazine rings is 1. The van der Waals surface area contributed by atoms with Crippen LogP contribution in [-0.4, -0.2) is 51.2 Å². The van der Waals surface area contributed by atoms with Crippen molar-refractivity contribution in [2.75, 3.05) is 36.4 Å². The Morgan fingerprint density at radius 3 is 2.71 bits per heavy atom. The Morgan fingerprint density at radius 2 is 1.90 bits per heavy atom. The Morgan fingerprint density at radius 1 is 1.13 bits per heavy atom. The summed E-state index contributed by atoms with van der Waals surface area (Å²) in [5.41, 5.74) is 2.27. The summed E-state index contributed by atoms with van der Waals surface area (Å²) in [4.78, 5) is 36.8. The van der Waals surface area contributed by atoms with E-state index in [2.05, 4.69) is 25.5 Å². The van der Waals surface area contributed by atoms with Gasteiger partial charge in [0.05, 0.1) is 16.7 Å². The molecule has 1 aromatic carbocycles. The van der Waals surface area contributed by atoms with Crippen LogP contribution in [0.25, 0.3) is 16.2 Å². The lowest BCUT2D eigenvalue weighted by molar-refractivity contribution is 0.102. The van der Waals surface area contributed by atoms with E-state index in [9.17, 15) is 9.59 Å². The Kier molecular flexibility index (Phi) is 5.00. The fourth-order valence-corrected chi connectivity index (χ4v) is 4.57. The lowest BCUT2D eigenvalue weighted by Crippen LogP contribution is -2.44. The normalized spacial score (nSPS) is 14.2. The Balaban J connectivity index is 1.44. The number of amides is 1. The van der Waals surface area contributed by atoms with Crippen LogP contribution in [-0.2, 0) is 7.05 Å². The highest BCUT2D eigenvalue weighted by atomic mass is 32.1. The fraction of sp³-hybridized carbons (Fsp3) is 0.238. The van der Waals surface area contributed by atoms with Gasteiger partial charge in [-0.15, -0.1) is 11.3 Å². The van der Waals surface area contributed by atoms with Crippen molar-refractivity contribution in [1.82, 2.24) is 24.4 Å². The summed E-state index contributed by atoms with van der Waals surface area (Å²) in [5.74, 6) is 0.415. The van der Waals surface area contributed by atoms with Crippen LogP contribution in [0.4, 0.5) is 11.5 Å². The average Bonchev–Trinajstić information content (AvgIpc) is 3.38. The van der Waals surface area contributed by atoms with Crippen molar-refractivity contribution in [1.29, 1.82) is 0 Å². The summed E-state index contributed by atoms with van der Waals surface area (Å²) in [6.07, 6.45) is 1.72. The second kappa shape index (κ2) is 7.97. The van der Waals surface area contributed by atoms with Gasteiger partial charge in [0.1, 0.15) is 5.69 Å². The summed E-state index contributed by atoms with van der Waals surface area (Å²) < 4.78 is 3.11. The smallest absolute Gasteiger partial charge is 0.335 e. The van der Waals surface area contributed by atoms with Crippen molar-refractivity contribution in [3.05, 3.63) is 64.2 Å². The summed E-state index contributed by atoms with van der Waals surface area (Å²) in [7, 11) is 1.72. The molecule has 0 radical (unpaired) electrons. The standard InChI is InChI=1S/C21H21N7O2S/c1-26-16-6-2-3-7-17(16)28(21(26)30)20-25-15(13-31-20)19(29)24-14-5-4-8-23-18(14)27-11-9-22-10-12-27/h2-8,13,22H,9-12H2,1H3,(H,24,29). The molecule has 9 nitrogen and oxygen atoms in total. The molecule has 1 amide bonds. The van der Waals surface area contributed by atoms with E-state index in [1.807, 2.05) is 30.3 Å². The molecule has 0 aliphatic carbocycles. The van der Waals surface area contributed by atoms with Crippen LogP contribution in [0.15, 0.2) is 52.8 Å². The van der Waals surface area contributed by atoms with Crippen molar-refractivity contribution in [2.45, 2.75) is 0 Å². The van der Waals surface area contributed by atoms with Crippen LogP contribution in [0, 0.1) is 0 Å². The molecule has 2 N–H and O–H groups in total. The molecule has 31 heavy (non-hydrogen) atoms. The van der Waals surface area contributed by atoms with Crippen LogP contribution < -0.4 is 21.2 Å². The number of hydrogen-bond donors (Lipinski definition) is 2. The number of benzene rings is 1. The van der Waals surface area contributed by atoms with E-state index < -0.39 is 0 Å². The number of para-hydroxylation sites is 2. The van der Waals surface area contributed by atoms with E-state index in [-0.39, 0.29) is 17.3 Å². The van der Waals surface area contributed by atoms with Gasteiger partial charge in [-0.05, 0) is 24.3 Å². The minimum absolute atomic E-state index is 0.198. The van der Waals surface area contributed by atoms with Gasteiger partial charge in [0.2, 0.25) is 0 Å². The summed E-state index contributed by atoms with van der Waals surface area (Å²) in [6.45, 7) is 3.40. The number of imidazole rings is 1. The number of nitrogens with one attached hydrogen (secondary N) is 2. The predicted molar refractivity (Wildman–Crippen MR) is 121 cm³/mol. The van der Waals surface area contributed by atoms with Gasteiger partial charge in [0, 0.05) is 44.8 Å². The van der Waals surface area contributed by atoms with Crippen LogP contribution in [0.2, 0.25) is 0 Å². The van der Waals surface area contributed by atoms with E-state index in [0.717, 1.165) is 43.0 Å². The van der Waals surface area contributed by atoms with Gasteiger partial charge < -0.3 is 15.5 Å². The number of hydrogen-bond acceptors (Lipinski definition) is 7. The number of thiazole rings is 1. The van der Waals surface area contributed by atoms with Crippen LogP contribution >= 0.6 is 11.3 Å². The number of fused-ring (bicyclic) bond motifs is 1. The Bertz CT molecular complexity index is 1320. The van der Waals surface area contributed by atoms with Crippen LogP contribution in [0.3, 0.4) is 0 Å². The molecule has 1 aliphatic heterocycles. The number of pyridine rings is 1. The molecule has 158 valence electrons. The minimum Gasteiger partial charge on any atom is -0.352 e. The van der Waals surface area contributed by atoms with Crippen molar-refractivity contribution in [3.63, 3.8) is 0 Å². The first-order valence-electron chi connectivity index (χ1n) is 9.98. The zero-order valence-electron chi connectivity index (χ0n) is 16.9. The molecule has 1 fully saturated rings. The third-order valence-corrected chi connectivity index (χ3v) is 6.16. The molecule has 0 saturated carbocycles. The van der Waals surface area contributed by atoms with E-state index in [4.69, 9.17) is 0 Å².